The molecule has 5 nitrogen and oxygen atoms in total. The Hall–Kier alpha value is -2.83. The number of benzene rings is 2. The molecule has 2 aromatic carbocycles. The molecule has 0 aliphatic heterocycles. The lowest BCUT2D eigenvalue weighted by atomic mass is 10.2. The van der Waals surface area contributed by atoms with Crippen molar-refractivity contribution in [3.8, 4) is 5.88 Å². The Kier molecular flexibility index (Phi) is 6.25. The van der Waals surface area contributed by atoms with Gasteiger partial charge in [0.05, 0.1) is 19.3 Å². The molecule has 0 aliphatic carbocycles. The number of aromatic nitrogens is 2. The monoisotopic (exact) mass is 406 g/mol. The number of carbonyl (C=O) groups is 1. The molecule has 3 rings (SSSR count). The van der Waals surface area contributed by atoms with Gasteiger partial charge in [-0.2, -0.15) is 4.98 Å². The summed E-state index contributed by atoms with van der Waals surface area (Å²) in [5, 5.41) is 2.26. The summed E-state index contributed by atoms with van der Waals surface area (Å²) in [6, 6.07) is 20.8. The van der Waals surface area contributed by atoms with Crippen LogP contribution in [-0.4, -0.2) is 31.7 Å². The number of methoxy groups -OCH3 is 1. The fourth-order valence-corrected chi connectivity index (χ4v) is 8.21. The molecule has 0 spiro atoms. The predicted octanol–water partition coefficient (Wildman–Crippen LogP) is 3.37. The van der Waals surface area contributed by atoms with Crippen LogP contribution in [-0.2, 0) is 11.0 Å². The molecule has 3 aromatic rings. The average Bonchev–Trinajstić information content (AvgIpc) is 2.74. The molecule has 150 valence electrons. The second kappa shape index (κ2) is 8.67. The molecule has 0 aliphatic rings. The summed E-state index contributed by atoms with van der Waals surface area (Å²) in [7, 11) is -1.14. The van der Waals surface area contributed by atoms with Crippen LogP contribution in [0.3, 0.4) is 0 Å². The quantitative estimate of drug-likeness (QED) is 0.445. The summed E-state index contributed by atoms with van der Waals surface area (Å²) < 4.78 is 12.2. The number of nitrogens with zero attached hydrogens (tertiary/aromatic N) is 2. The highest BCUT2D eigenvalue weighted by Crippen LogP contribution is 2.37. The van der Waals surface area contributed by atoms with E-state index in [0.29, 0.717) is 17.7 Å². The number of aldehydes is 1. The molecule has 6 heteroatoms. The van der Waals surface area contributed by atoms with Gasteiger partial charge in [-0.3, -0.25) is 4.79 Å². The molecule has 1 aromatic heterocycles. The third kappa shape index (κ3) is 4.13. The zero-order valence-corrected chi connectivity index (χ0v) is 18.3. The third-order valence-electron chi connectivity index (χ3n) is 5.00. The van der Waals surface area contributed by atoms with Crippen LogP contribution in [0.4, 0.5) is 0 Å². The molecule has 29 heavy (non-hydrogen) atoms. The largest absolute Gasteiger partial charge is 0.481 e. The molecule has 0 saturated carbocycles. The minimum absolute atomic E-state index is 0.0936. The Morgan fingerprint density at radius 2 is 1.52 bits per heavy atom. The molecule has 0 fully saturated rings. The Morgan fingerprint density at radius 1 is 0.966 bits per heavy atom. The van der Waals surface area contributed by atoms with Gasteiger partial charge in [0, 0.05) is 6.20 Å². The Balaban J connectivity index is 2.11. The number of carbonyl (C=O) groups excluding carboxylic acids is 1. The average molecular weight is 407 g/mol. The van der Waals surface area contributed by atoms with Crippen molar-refractivity contribution in [2.75, 3.05) is 7.11 Å². The van der Waals surface area contributed by atoms with Gasteiger partial charge >= 0.3 is 0 Å². The minimum atomic E-state index is -2.67. The number of hydrogen-bond acceptors (Lipinski definition) is 5. The topological polar surface area (TPSA) is 61.3 Å². The fourth-order valence-electron chi connectivity index (χ4n) is 3.68. The molecule has 0 atom stereocenters. The van der Waals surface area contributed by atoms with Crippen LogP contribution in [0.25, 0.3) is 0 Å². The maximum Gasteiger partial charge on any atom is 0.261 e. The minimum Gasteiger partial charge on any atom is -0.481 e. The molecule has 0 saturated heterocycles. The summed E-state index contributed by atoms with van der Waals surface area (Å²) in [5.41, 5.74) is 0.714. The second-order valence-electron chi connectivity index (χ2n) is 7.83. The highest BCUT2D eigenvalue weighted by atomic mass is 28.4. The Bertz CT molecular complexity index is 917. The molecular formula is C23H26N2O3Si. The van der Waals surface area contributed by atoms with E-state index >= 15 is 0 Å². The van der Waals surface area contributed by atoms with E-state index in [9.17, 15) is 4.79 Å². The molecular weight excluding hydrogens is 380 g/mol. The van der Waals surface area contributed by atoms with Crippen LogP contribution < -0.4 is 15.1 Å². The summed E-state index contributed by atoms with van der Waals surface area (Å²) in [4.78, 5) is 19.2. The van der Waals surface area contributed by atoms with Crippen LogP contribution >= 0.6 is 0 Å². The van der Waals surface area contributed by atoms with E-state index in [4.69, 9.17) is 9.16 Å². The standard InChI is InChI=1S/C23H26N2O3Si/c1-23(2,3)29(19-11-7-5-8-12-19,20-13-9-6-10-14-20)28-17-18-15-24-21(16-26)25-22(18)27-4/h5-16H,17H2,1-4H3. The molecule has 0 N–H and O–H groups in total. The van der Waals surface area contributed by atoms with Crippen molar-refractivity contribution in [1.82, 2.24) is 9.97 Å². The van der Waals surface area contributed by atoms with Crippen molar-refractivity contribution >= 4 is 25.0 Å². The van der Waals surface area contributed by atoms with E-state index in [2.05, 4.69) is 79.3 Å². The van der Waals surface area contributed by atoms with Gasteiger partial charge in [-0.05, 0) is 15.4 Å². The summed E-state index contributed by atoms with van der Waals surface area (Å²) in [6.45, 7) is 6.96. The predicted molar refractivity (Wildman–Crippen MR) is 116 cm³/mol. The van der Waals surface area contributed by atoms with Gasteiger partial charge in [-0.1, -0.05) is 81.4 Å². The van der Waals surface area contributed by atoms with Gasteiger partial charge in [-0.25, -0.2) is 4.98 Å². The normalized spacial score (nSPS) is 11.9. The van der Waals surface area contributed by atoms with Gasteiger partial charge in [0.2, 0.25) is 5.88 Å². The number of hydrogen-bond donors (Lipinski definition) is 0. The molecule has 0 unspecified atom stereocenters. The molecule has 0 radical (unpaired) electrons. The lowest BCUT2D eigenvalue weighted by molar-refractivity contribution is 0.111. The first-order valence-electron chi connectivity index (χ1n) is 9.52. The molecule has 0 amide bonds. The van der Waals surface area contributed by atoms with Crippen LogP contribution in [0.5, 0.6) is 5.88 Å². The van der Waals surface area contributed by atoms with E-state index in [1.807, 2.05) is 12.1 Å². The Morgan fingerprint density at radius 3 is 1.97 bits per heavy atom. The first-order chi connectivity index (χ1) is 13.9. The first-order valence-corrected chi connectivity index (χ1v) is 11.4. The maximum absolute atomic E-state index is 11.0. The highest BCUT2D eigenvalue weighted by molar-refractivity contribution is 6.99. The number of rotatable bonds is 7. The van der Waals surface area contributed by atoms with E-state index in [0.717, 1.165) is 0 Å². The smallest absolute Gasteiger partial charge is 0.261 e. The SMILES string of the molecule is COc1nc(C=O)ncc1CO[Si](c1ccccc1)(c1ccccc1)C(C)(C)C. The van der Waals surface area contributed by atoms with Gasteiger partial charge in [-0.15, -0.1) is 0 Å². The highest BCUT2D eigenvalue weighted by Gasteiger charge is 2.50. The van der Waals surface area contributed by atoms with Crippen LogP contribution in [0.1, 0.15) is 37.0 Å². The lowest BCUT2D eigenvalue weighted by Gasteiger charge is -2.43. The van der Waals surface area contributed by atoms with Crippen molar-refractivity contribution in [3.05, 3.63) is 78.2 Å². The van der Waals surface area contributed by atoms with Crippen LogP contribution in [0.15, 0.2) is 66.9 Å². The maximum atomic E-state index is 11.0. The van der Waals surface area contributed by atoms with E-state index in [-0.39, 0.29) is 17.5 Å². The fraction of sp³-hybridized carbons (Fsp3) is 0.261. The van der Waals surface area contributed by atoms with E-state index in [1.165, 1.54) is 17.5 Å². The summed E-state index contributed by atoms with van der Waals surface area (Å²) >= 11 is 0. The van der Waals surface area contributed by atoms with Crippen molar-refractivity contribution in [2.24, 2.45) is 0 Å². The zero-order valence-electron chi connectivity index (χ0n) is 17.3. The van der Waals surface area contributed by atoms with Crippen molar-refractivity contribution in [1.29, 1.82) is 0 Å². The molecule has 1 heterocycles. The summed E-state index contributed by atoms with van der Waals surface area (Å²) in [6.07, 6.45) is 2.21. The van der Waals surface area contributed by atoms with Crippen LogP contribution in [0.2, 0.25) is 5.04 Å². The van der Waals surface area contributed by atoms with Gasteiger partial charge in [0.1, 0.15) is 0 Å². The van der Waals surface area contributed by atoms with Crippen molar-refractivity contribution in [2.45, 2.75) is 32.4 Å². The first kappa shape index (κ1) is 20.9. The summed E-state index contributed by atoms with van der Waals surface area (Å²) in [5.74, 6) is 0.455. The van der Waals surface area contributed by atoms with E-state index < -0.39 is 8.32 Å². The number of ether oxygens (including phenoxy) is 1. The van der Waals surface area contributed by atoms with Gasteiger partial charge in [0.25, 0.3) is 8.32 Å². The van der Waals surface area contributed by atoms with Gasteiger partial charge < -0.3 is 9.16 Å². The molecule has 0 bridgehead atoms. The van der Waals surface area contributed by atoms with Crippen LogP contribution in [0, 0.1) is 0 Å². The van der Waals surface area contributed by atoms with Crippen molar-refractivity contribution < 1.29 is 14.0 Å². The zero-order chi connectivity index (χ0) is 20.9. The Labute approximate surface area is 172 Å². The lowest BCUT2D eigenvalue weighted by Crippen LogP contribution is -2.66. The van der Waals surface area contributed by atoms with E-state index in [1.54, 1.807) is 6.20 Å². The second-order valence-corrected chi connectivity index (χ2v) is 12.1. The third-order valence-corrected chi connectivity index (χ3v) is 9.99. The van der Waals surface area contributed by atoms with Gasteiger partial charge in [0.15, 0.2) is 12.1 Å². The van der Waals surface area contributed by atoms with Crippen molar-refractivity contribution in [3.63, 3.8) is 0 Å².